The number of hydrogen-bond acceptors (Lipinski definition) is 3. The summed E-state index contributed by atoms with van der Waals surface area (Å²) in [6, 6.07) is 6.73. The van der Waals surface area contributed by atoms with Gasteiger partial charge >= 0.3 is 0 Å². The normalized spacial score (nSPS) is 15.4. The van der Waals surface area contributed by atoms with Gasteiger partial charge in [-0.1, -0.05) is 51.5 Å². The van der Waals surface area contributed by atoms with Crippen LogP contribution in [0.5, 0.6) is 0 Å². The van der Waals surface area contributed by atoms with Crippen LogP contribution in [0.1, 0.15) is 62.4 Å². The van der Waals surface area contributed by atoms with Gasteiger partial charge in [-0.05, 0) is 24.7 Å². The Labute approximate surface area is 125 Å². The fourth-order valence-corrected chi connectivity index (χ4v) is 2.61. The van der Waals surface area contributed by atoms with Crippen molar-refractivity contribution in [2.45, 2.75) is 46.5 Å². The molecule has 0 bridgehead atoms. The number of carbonyl (C=O) groups is 2. The van der Waals surface area contributed by atoms with E-state index < -0.39 is 11.6 Å². The van der Waals surface area contributed by atoms with Gasteiger partial charge in [0.25, 0.3) is 0 Å². The van der Waals surface area contributed by atoms with Gasteiger partial charge in [0.15, 0.2) is 0 Å². The van der Waals surface area contributed by atoms with E-state index in [1.54, 1.807) is 24.3 Å². The molecule has 1 aromatic carbocycles. The van der Waals surface area contributed by atoms with Crippen LogP contribution in [0.3, 0.4) is 0 Å². The smallest absolute Gasteiger partial charge is 0.234 e. The van der Waals surface area contributed by atoms with Crippen molar-refractivity contribution in [1.29, 1.82) is 0 Å². The number of aliphatic hydroxyl groups excluding tert-OH is 1. The van der Waals surface area contributed by atoms with Gasteiger partial charge in [-0.2, -0.15) is 0 Å². The van der Waals surface area contributed by atoms with Crippen molar-refractivity contribution < 1.29 is 14.7 Å². The summed E-state index contributed by atoms with van der Waals surface area (Å²) in [7, 11) is 0. The average Bonchev–Trinajstić information content (AvgIpc) is 2.43. The zero-order valence-corrected chi connectivity index (χ0v) is 12.9. The molecule has 1 N–H and O–H groups in total. The minimum atomic E-state index is -0.554. The van der Waals surface area contributed by atoms with Gasteiger partial charge in [0.05, 0.1) is 0 Å². The number of rotatable bonds is 4. The van der Waals surface area contributed by atoms with E-state index in [9.17, 15) is 14.7 Å². The number of ketones is 2. The van der Waals surface area contributed by atoms with Gasteiger partial charge in [-0.25, -0.2) is 0 Å². The molecule has 1 aromatic rings. The number of Topliss-reactive ketones (excluding diaryl/α,β-unsaturated/α-hetero) is 2. The topological polar surface area (TPSA) is 54.4 Å². The molecule has 1 aliphatic carbocycles. The van der Waals surface area contributed by atoms with Crippen molar-refractivity contribution in [2.75, 3.05) is 0 Å². The molecule has 3 nitrogen and oxygen atoms in total. The molecule has 0 heterocycles. The molecule has 2 rings (SSSR count). The number of aliphatic hydroxyl groups is 1. The molecule has 0 atom stereocenters. The highest BCUT2D eigenvalue weighted by Crippen LogP contribution is 2.31. The Morgan fingerprint density at radius 1 is 0.952 bits per heavy atom. The van der Waals surface area contributed by atoms with Gasteiger partial charge in [-0.3, -0.25) is 9.59 Å². The molecule has 0 unspecified atom stereocenters. The first-order chi connectivity index (χ1) is 9.81. The van der Waals surface area contributed by atoms with Gasteiger partial charge in [0, 0.05) is 16.7 Å². The SMILES string of the molecule is CC(C)(C)CCCCC1=C(O)c2ccccc2C(=O)C1=O. The van der Waals surface area contributed by atoms with E-state index >= 15 is 0 Å². The molecule has 0 aromatic heterocycles. The Kier molecular flexibility index (Phi) is 4.31. The Balaban J connectivity index is 2.15. The first-order valence-electron chi connectivity index (χ1n) is 7.42. The number of allylic oxidation sites excluding steroid dienone is 1. The molecule has 0 saturated heterocycles. The van der Waals surface area contributed by atoms with E-state index in [0.29, 0.717) is 17.5 Å². The van der Waals surface area contributed by atoms with Crippen LogP contribution < -0.4 is 0 Å². The van der Waals surface area contributed by atoms with Crippen LogP contribution in [0.25, 0.3) is 5.76 Å². The molecule has 3 heteroatoms. The summed E-state index contributed by atoms with van der Waals surface area (Å²) in [6.45, 7) is 6.53. The predicted molar refractivity (Wildman–Crippen MR) is 83.3 cm³/mol. The van der Waals surface area contributed by atoms with Crippen molar-refractivity contribution >= 4 is 17.3 Å². The van der Waals surface area contributed by atoms with Crippen LogP contribution in [0.4, 0.5) is 0 Å². The van der Waals surface area contributed by atoms with Crippen LogP contribution in [-0.2, 0) is 4.79 Å². The maximum absolute atomic E-state index is 12.1. The molecule has 0 saturated carbocycles. The second-order valence-corrected chi connectivity index (χ2v) is 6.80. The predicted octanol–water partition coefficient (Wildman–Crippen LogP) is 4.33. The molecule has 0 fully saturated rings. The summed E-state index contributed by atoms with van der Waals surface area (Å²) in [5, 5.41) is 10.3. The Morgan fingerprint density at radius 3 is 2.19 bits per heavy atom. The summed E-state index contributed by atoms with van der Waals surface area (Å²) in [5.74, 6) is -1.08. The Hall–Kier alpha value is -1.90. The molecular formula is C18H22O3. The summed E-state index contributed by atoms with van der Waals surface area (Å²) in [6.07, 6.45) is 3.29. The summed E-state index contributed by atoms with van der Waals surface area (Å²) >= 11 is 0. The van der Waals surface area contributed by atoms with E-state index in [0.717, 1.165) is 19.3 Å². The van der Waals surface area contributed by atoms with Gasteiger partial charge in [-0.15, -0.1) is 0 Å². The van der Waals surface area contributed by atoms with Crippen molar-refractivity contribution in [1.82, 2.24) is 0 Å². The van der Waals surface area contributed by atoms with E-state index in [1.807, 2.05) is 0 Å². The number of benzene rings is 1. The lowest BCUT2D eigenvalue weighted by atomic mass is 9.85. The summed E-state index contributed by atoms with van der Waals surface area (Å²) in [5.41, 5.74) is 1.31. The summed E-state index contributed by atoms with van der Waals surface area (Å²) < 4.78 is 0. The molecule has 1 aliphatic rings. The maximum Gasteiger partial charge on any atom is 0.234 e. The van der Waals surface area contributed by atoms with Crippen LogP contribution in [0.15, 0.2) is 29.8 Å². The average molecular weight is 286 g/mol. The second-order valence-electron chi connectivity index (χ2n) is 6.80. The van der Waals surface area contributed by atoms with Gasteiger partial charge in [0.2, 0.25) is 11.6 Å². The van der Waals surface area contributed by atoms with Crippen LogP contribution >= 0.6 is 0 Å². The van der Waals surface area contributed by atoms with E-state index in [2.05, 4.69) is 20.8 Å². The van der Waals surface area contributed by atoms with E-state index in [1.165, 1.54) is 0 Å². The van der Waals surface area contributed by atoms with Crippen molar-refractivity contribution in [3.63, 3.8) is 0 Å². The lowest BCUT2D eigenvalue weighted by molar-refractivity contribution is -0.112. The van der Waals surface area contributed by atoms with E-state index in [4.69, 9.17) is 0 Å². The minimum absolute atomic E-state index is 0.0223. The van der Waals surface area contributed by atoms with Gasteiger partial charge in [0.1, 0.15) is 5.76 Å². The minimum Gasteiger partial charge on any atom is -0.507 e. The molecule has 0 spiro atoms. The van der Waals surface area contributed by atoms with Crippen LogP contribution in [0, 0.1) is 5.41 Å². The first kappa shape index (κ1) is 15.5. The van der Waals surface area contributed by atoms with Gasteiger partial charge < -0.3 is 5.11 Å². The first-order valence-corrected chi connectivity index (χ1v) is 7.42. The zero-order chi connectivity index (χ0) is 15.6. The number of carbonyl (C=O) groups excluding carboxylic acids is 2. The van der Waals surface area contributed by atoms with Crippen molar-refractivity contribution in [3.05, 3.63) is 41.0 Å². The Bertz CT molecular complexity index is 603. The van der Waals surface area contributed by atoms with Crippen molar-refractivity contribution in [2.24, 2.45) is 5.41 Å². The molecule has 21 heavy (non-hydrogen) atoms. The summed E-state index contributed by atoms with van der Waals surface area (Å²) in [4.78, 5) is 24.2. The highest BCUT2D eigenvalue weighted by atomic mass is 16.3. The van der Waals surface area contributed by atoms with E-state index in [-0.39, 0.29) is 16.7 Å². The lowest BCUT2D eigenvalue weighted by Gasteiger charge is -2.19. The largest absolute Gasteiger partial charge is 0.507 e. The molecule has 112 valence electrons. The third-order valence-corrected chi connectivity index (χ3v) is 3.80. The standard InChI is InChI=1S/C18H22O3/c1-18(2,3)11-7-6-10-14-15(19)12-8-4-5-9-13(12)16(20)17(14)21/h4-5,8-9,19H,6-7,10-11H2,1-3H3. The third kappa shape index (κ3) is 3.41. The second kappa shape index (κ2) is 5.84. The maximum atomic E-state index is 12.1. The fourth-order valence-electron chi connectivity index (χ4n) is 2.61. The number of hydrogen-bond donors (Lipinski definition) is 1. The Morgan fingerprint density at radius 2 is 1.57 bits per heavy atom. The highest BCUT2D eigenvalue weighted by molar-refractivity contribution is 6.52. The lowest BCUT2D eigenvalue weighted by Crippen LogP contribution is -2.24. The van der Waals surface area contributed by atoms with Crippen LogP contribution in [0.2, 0.25) is 0 Å². The highest BCUT2D eigenvalue weighted by Gasteiger charge is 2.31. The molecule has 0 aliphatic heterocycles. The van der Waals surface area contributed by atoms with Crippen LogP contribution in [-0.4, -0.2) is 16.7 Å². The molecule has 0 radical (unpaired) electrons. The molecular weight excluding hydrogens is 264 g/mol. The quantitative estimate of drug-likeness (QED) is 0.662. The zero-order valence-electron chi connectivity index (χ0n) is 12.9. The monoisotopic (exact) mass is 286 g/mol. The fraction of sp³-hybridized carbons (Fsp3) is 0.444. The molecule has 0 amide bonds. The number of fused-ring (bicyclic) bond motifs is 1. The third-order valence-electron chi connectivity index (χ3n) is 3.80. The number of unbranched alkanes of at least 4 members (excludes halogenated alkanes) is 1. The van der Waals surface area contributed by atoms with Crippen molar-refractivity contribution in [3.8, 4) is 0 Å².